The first-order valence-electron chi connectivity index (χ1n) is 8.53. The largest absolute Gasteiger partial charge is 0.492 e. The molecule has 2 aromatic carbocycles. The molecule has 0 aliphatic rings. The Balaban J connectivity index is 2.25. The molecule has 1 atom stereocenters. The Hall–Kier alpha value is -2.05. The normalized spacial score (nSPS) is 13.0. The summed E-state index contributed by atoms with van der Waals surface area (Å²) in [6.07, 6.45) is -3.81. The summed E-state index contributed by atoms with van der Waals surface area (Å²) in [6, 6.07) is 13.2. The van der Waals surface area contributed by atoms with Gasteiger partial charge < -0.3 is 15.4 Å². The van der Waals surface area contributed by atoms with Crippen LogP contribution in [0, 0.1) is 0 Å². The van der Waals surface area contributed by atoms with Gasteiger partial charge in [-0.25, -0.2) is 0 Å². The third-order valence-electron chi connectivity index (χ3n) is 4.04. The molecule has 0 radical (unpaired) electrons. The van der Waals surface area contributed by atoms with Crippen molar-refractivity contribution in [3.05, 3.63) is 65.2 Å². The van der Waals surface area contributed by atoms with Crippen LogP contribution in [0.15, 0.2) is 48.5 Å². The molecule has 2 rings (SSSR count). The second-order valence-corrected chi connectivity index (χ2v) is 6.57. The van der Waals surface area contributed by atoms with Crippen molar-refractivity contribution in [1.29, 1.82) is 0 Å². The predicted octanol–water partition coefficient (Wildman–Crippen LogP) is 3.93. The number of ether oxygens (including phenoxy) is 1. The monoisotopic (exact) mass is 366 g/mol. The van der Waals surface area contributed by atoms with Gasteiger partial charge in [-0.1, -0.05) is 30.3 Å². The van der Waals surface area contributed by atoms with Crippen LogP contribution in [-0.4, -0.2) is 38.7 Å². The van der Waals surface area contributed by atoms with Gasteiger partial charge in [-0.2, -0.15) is 13.2 Å². The van der Waals surface area contributed by atoms with Gasteiger partial charge in [-0.05, 0) is 49.8 Å². The van der Waals surface area contributed by atoms with Crippen LogP contribution < -0.4 is 10.5 Å². The highest BCUT2D eigenvalue weighted by Crippen LogP contribution is 2.31. The third kappa shape index (κ3) is 6.04. The van der Waals surface area contributed by atoms with Crippen molar-refractivity contribution >= 4 is 0 Å². The molecule has 0 aliphatic carbocycles. The van der Waals surface area contributed by atoms with Crippen LogP contribution >= 0.6 is 0 Å². The summed E-state index contributed by atoms with van der Waals surface area (Å²) in [5, 5.41) is 0. The molecule has 0 amide bonds. The minimum absolute atomic E-state index is 0.0508. The molecule has 0 spiro atoms. The number of nitrogens with zero attached hydrogens (tertiary/aromatic N) is 1. The molecule has 1 unspecified atom stereocenters. The molecule has 6 heteroatoms. The van der Waals surface area contributed by atoms with Crippen LogP contribution in [0.5, 0.6) is 5.75 Å². The number of rotatable bonds is 8. The van der Waals surface area contributed by atoms with Gasteiger partial charge in [-0.15, -0.1) is 0 Å². The van der Waals surface area contributed by atoms with E-state index >= 15 is 0 Å². The first-order chi connectivity index (χ1) is 12.3. The number of alkyl halides is 3. The van der Waals surface area contributed by atoms with Gasteiger partial charge in [-0.3, -0.25) is 0 Å². The van der Waals surface area contributed by atoms with Crippen molar-refractivity contribution < 1.29 is 17.9 Å². The van der Waals surface area contributed by atoms with E-state index in [1.807, 2.05) is 43.3 Å². The number of hydrogen-bond donors (Lipinski definition) is 1. The summed E-state index contributed by atoms with van der Waals surface area (Å²) < 4.78 is 44.5. The molecular formula is C20H25F3N2O. The summed E-state index contributed by atoms with van der Waals surface area (Å²) in [5.74, 6) is 0.774. The molecule has 3 nitrogen and oxygen atoms in total. The molecule has 0 aliphatic heterocycles. The number of hydrogen-bond acceptors (Lipinski definition) is 3. The first-order valence-corrected chi connectivity index (χ1v) is 8.53. The van der Waals surface area contributed by atoms with E-state index in [9.17, 15) is 13.2 Å². The van der Waals surface area contributed by atoms with Gasteiger partial charge in [0.1, 0.15) is 12.4 Å². The molecular weight excluding hydrogens is 341 g/mol. The number of halogens is 3. The van der Waals surface area contributed by atoms with E-state index in [0.717, 1.165) is 23.9 Å². The Bertz CT molecular complexity index is 701. The van der Waals surface area contributed by atoms with Gasteiger partial charge in [0.05, 0.1) is 5.56 Å². The Labute approximate surface area is 152 Å². The van der Waals surface area contributed by atoms with Gasteiger partial charge in [0.2, 0.25) is 0 Å². The van der Waals surface area contributed by atoms with Crippen molar-refractivity contribution in [3.63, 3.8) is 0 Å². The van der Waals surface area contributed by atoms with Crippen molar-refractivity contribution in [2.24, 2.45) is 5.73 Å². The molecule has 2 N–H and O–H groups in total. The third-order valence-corrected chi connectivity index (χ3v) is 4.04. The van der Waals surface area contributed by atoms with Crippen molar-refractivity contribution in [1.82, 2.24) is 4.90 Å². The maximum Gasteiger partial charge on any atom is 0.416 e. The van der Waals surface area contributed by atoms with Gasteiger partial charge in [0.15, 0.2) is 0 Å². The van der Waals surface area contributed by atoms with Crippen LogP contribution in [0.25, 0.3) is 0 Å². The van der Waals surface area contributed by atoms with Crippen LogP contribution in [0.1, 0.15) is 22.6 Å². The number of benzene rings is 2. The first kappa shape index (κ1) is 20.3. The van der Waals surface area contributed by atoms with Crippen LogP contribution in [0.4, 0.5) is 13.2 Å². The van der Waals surface area contributed by atoms with Crippen molar-refractivity contribution in [2.75, 3.05) is 33.8 Å². The zero-order chi connectivity index (χ0) is 19.2. The topological polar surface area (TPSA) is 38.5 Å². The zero-order valence-corrected chi connectivity index (χ0v) is 15.1. The van der Waals surface area contributed by atoms with Gasteiger partial charge in [0, 0.05) is 19.0 Å². The SMILES string of the molecule is CN(C)CC(Cc1cccc(C(F)(F)F)c1)c1cccc(OCCN)c1. The molecule has 0 bridgehead atoms. The zero-order valence-electron chi connectivity index (χ0n) is 15.1. The minimum atomic E-state index is -4.33. The lowest BCUT2D eigenvalue weighted by Gasteiger charge is -2.23. The standard InChI is InChI=1S/C20H25F3N2O/c1-25(2)14-17(16-6-4-8-19(13-16)26-10-9-24)11-15-5-3-7-18(12-15)20(21,22)23/h3-8,12-13,17H,9-11,14,24H2,1-2H3. The smallest absolute Gasteiger partial charge is 0.416 e. The van der Waals surface area contributed by atoms with Crippen molar-refractivity contribution in [2.45, 2.75) is 18.5 Å². The number of nitrogens with two attached hydrogens (primary N) is 1. The average molecular weight is 366 g/mol. The summed E-state index contributed by atoms with van der Waals surface area (Å²) >= 11 is 0. The fourth-order valence-corrected chi connectivity index (χ4v) is 2.92. The lowest BCUT2D eigenvalue weighted by Crippen LogP contribution is -2.22. The Kier molecular flexibility index (Phi) is 7.06. The summed E-state index contributed by atoms with van der Waals surface area (Å²) in [7, 11) is 3.90. The molecule has 2 aromatic rings. The van der Waals surface area contributed by atoms with E-state index in [0.29, 0.717) is 25.1 Å². The summed E-state index contributed by atoms with van der Waals surface area (Å²) in [4.78, 5) is 2.03. The quantitative estimate of drug-likeness (QED) is 0.769. The van der Waals surface area contributed by atoms with E-state index in [4.69, 9.17) is 10.5 Å². The highest BCUT2D eigenvalue weighted by Gasteiger charge is 2.30. The van der Waals surface area contributed by atoms with E-state index in [1.165, 1.54) is 12.1 Å². The summed E-state index contributed by atoms with van der Waals surface area (Å²) in [5.41, 5.74) is 6.56. The molecule has 0 fully saturated rings. The average Bonchev–Trinajstić information content (AvgIpc) is 2.59. The predicted molar refractivity (Wildman–Crippen MR) is 97.4 cm³/mol. The lowest BCUT2D eigenvalue weighted by molar-refractivity contribution is -0.137. The fourth-order valence-electron chi connectivity index (χ4n) is 2.92. The Morgan fingerprint density at radius 1 is 1.08 bits per heavy atom. The lowest BCUT2D eigenvalue weighted by atomic mass is 9.90. The van der Waals surface area contributed by atoms with Crippen molar-refractivity contribution in [3.8, 4) is 5.75 Å². The number of likely N-dealkylation sites (N-methyl/N-ethyl adjacent to an activating group) is 1. The minimum Gasteiger partial charge on any atom is -0.492 e. The second-order valence-electron chi connectivity index (χ2n) is 6.57. The molecule has 142 valence electrons. The maximum absolute atomic E-state index is 13.0. The van der Waals surface area contributed by atoms with E-state index in [2.05, 4.69) is 0 Å². The fraction of sp³-hybridized carbons (Fsp3) is 0.400. The second kappa shape index (κ2) is 9.05. The van der Waals surface area contributed by atoms with Crippen LogP contribution in [0.3, 0.4) is 0 Å². The van der Waals surface area contributed by atoms with Gasteiger partial charge >= 0.3 is 6.18 Å². The van der Waals surface area contributed by atoms with Crippen LogP contribution in [-0.2, 0) is 12.6 Å². The van der Waals surface area contributed by atoms with Gasteiger partial charge in [0.25, 0.3) is 0 Å². The molecule has 0 heterocycles. The molecule has 26 heavy (non-hydrogen) atoms. The van der Waals surface area contributed by atoms with Crippen LogP contribution in [0.2, 0.25) is 0 Å². The highest BCUT2D eigenvalue weighted by molar-refractivity contribution is 5.33. The Morgan fingerprint density at radius 2 is 1.81 bits per heavy atom. The molecule has 0 saturated heterocycles. The van der Waals surface area contributed by atoms with E-state index in [1.54, 1.807) is 6.07 Å². The summed E-state index contributed by atoms with van der Waals surface area (Å²) in [6.45, 7) is 1.57. The molecule has 0 aromatic heterocycles. The molecule has 0 saturated carbocycles. The Morgan fingerprint density at radius 3 is 2.46 bits per heavy atom. The maximum atomic E-state index is 13.0. The van der Waals surface area contributed by atoms with E-state index in [-0.39, 0.29) is 5.92 Å². The highest BCUT2D eigenvalue weighted by atomic mass is 19.4. The van der Waals surface area contributed by atoms with E-state index < -0.39 is 11.7 Å².